The zero-order chi connectivity index (χ0) is 11.6. The van der Waals surface area contributed by atoms with Crippen molar-refractivity contribution in [3.8, 4) is 0 Å². The van der Waals surface area contributed by atoms with Crippen molar-refractivity contribution in [2.45, 2.75) is 19.1 Å². The summed E-state index contributed by atoms with van der Waals surface area (Å²) in [6, 6.07) is -0.238. The van der Waals surface area contributed by atoms with Gasteiger partial charge in [-0.2, -0.15) is 0 Å². The summed E-state index contributed by atoms with van der Waals surface area (Å²) in [7, 11) is -2.99. The molecule has 1 aliphatic heterocycles. The molecule has 15 heavy (non-hydrogen) atoms. The molecule has 0 aromatic carbocycles. The third kappa shape index (κ3) is 3.44. The van der Waals surface area contributed by atoms with Crippen LogP contribution in [0.3, 0.4) is 0 Å². The Labute approximate surface area is 88.4 Å². The molecule has 0 bridgehead atoms. The first kappa shape index (κ1) is 12.4. The molecule has 1 aliphatic rings. The Hall–Kier alpha value is -0.660. The number of carboxylic acid groups (broad SMARTS) is 1. The fourth-order valence-electron chi connectivity index (χ4n) is 1.60. The maximum atomic E-state index is 11.2. The van der Waals surface area contributed by atoms with Crippen LogP contribution in [0, 0.1) is 0 Å². The number of aliphatic hydroxyl groups is 1. The molecule has 0 aromatic rings. The summed E-state index contributed by atoms with van der Waals surface area (Å²) in [4.78, 5) is 12.1. The molecular formula is C8H15NO5S. The molecule has 0 saturated carbocycles. The van der Waals surface area contributed by atoms with Crippen LogP contribution in [-0.4, -0.2) is 66.2 Å². The number of carbonyl (C=O) groups is 1. The summed E-state index contributed by atoms with van der Waals surface area (Å²) in [5, 5.41) is 17.6. The van der Waals surface area contributed by atoms with Crippen LogP contribution >= 0.6 is 0 Å². The summed E-state index contributed by atoms with van der Waals surface area (Å²) >= 11 is 0. The lowest BCUT2D eigenvalue weighted by Gasteiger charge is -2.33. The Balaban J connectivity index is 2.56. The van der Waals surface area contributed by atoms with Crippen LogP contribution in [0.25, 0.3) is 0 Å². The minimum atomic E-state index is -2.99. The Kier molecular flexibility index (Phi) is 3.69. The largest absolute Gasteiger partial charge is 0.479 e. The van der Waals surface area contributed by atoms with Crippen molar-refractivity contribution in [3.63, 3.8) is 0 Å². The summed E-state index contributed by atoms with van der Waals surface area (Å²) in [5.41, 5.74) is 0. The smallest absolute Gasteiger partial charge is 0.333 e. The van der Waals surface area contributed by atoms with Crippen molar-refractivity contribution in [2.75, 3.05) is 24.6 Å². The number of rotatable bonds is 3. The molecule has 2 unspecified atom stereocenters. The molecule has 0 aliphatic carbocycles. The van der Waals surface area contributed by atoms with Gasteiger partial charge in [-0.05, 0) is 6.92 Å². The van der Waals surface area contributed by atoms with E-state index in [0.29, 0.717) is 0 Å². The highest BCUT2D eigenvalue weighted by atomic mass is 32.2. The van der Waals surface area contributed by atoms with E-state index in [-0.39, 0.29) is 30.6 Å². The van der Waals surface area contributed by atoms with Crippen LogP contribution in [0.4, 0.5) is 0 Å². The molecule has 0 aromatic heterocycles. The Morgan fingerprint density at radius 3 is 2.67 bits per heavy atom. The van der Waals surface area contributed by atoms with E-state index in [1.807, 2.05) is 0 Å². The van der Waals surface area contributed by atoms with Crippen LogP contribution < -0.4 is 0 Å². The van der Waals surface area contributed by atoms with Gasteiger partial charge in [-0.1, -0.05) is 0 Å². The van der Waals surface area contributed by atoms with Gasteiger partial charge in [-0.15, -0.1) is 0 Å². The van der Waals surface area contributed by atoms with Crippen molar-refractivity contribution >= 4 is 15.8 Å². The van der Waals surface area contributed by atoms with Crippen LogP contribution in [0.15, 0.2) is 0 Å². The molecule has 6 nitrogen and oxygen atoms in total. The Morgan fingerprint density at radius 2 is 2.20 bits per heavy atom. The van der Waals surface area contributed by atoms with Crippen molar-refractivity contribution in [2.24, 2.45) is 0 Å². The third-order valence-electron chi connectivity index (χ3n) is 2.50. The lowest BCUT2D eigenvalue weighted by Crippen LogP contribution is -2.50. The fourth-order valence-corrected chi connectivity index (χ4v) is 3.23. The van der Waals surface area contributed by atoms with E-state index in [4.69, 9.17) is 10.2 Å². The quantitative estimate of drug-likeness (QED) is 0.623. The monoisotopic (exact) mass is 237 g/mol. The van der Waals surface area contributed by atoms with Crippen LogP contribution in [0.2, 0.25) is 0 Å². The number of β-amino-alcohol motifs (C(OH)–C–C–N with tert-alkyl or cyclic N) is 1. The van der Waals surface area contributed by atoms with Crippen LogP contribution in [0.5, 0.6) is 0 Å². The number of hydrogen-bond donors (Lipinski definition) is 2. The van der Waals surface area contributed by atoms with E-state index in [0.717, 1.165) is 0 Å². The van der Waals surface area contributed by atoms with Crippen molar-refractivity contribution < 1.29 is 23.4 Å². The number of aliphatic carboxylic acids is 1. The van der Waals surface area contributed by atoms with Crippen molar-refractivity contribution in [1.82, 2.24) is 4.90 Å². The highest BCUT2D eigenvalue weighted by Crippen LogP contribution is 2.11. The van der Waals surface area contributed by atoms with Gasteiger partial charge >= 0.3 is 5.97 Å². The molecule has 0 radical (unpaired) electrons. The maximum absolute atomic E-state index is 11.2. The summed E-state index contributed by atoms with van der Waals surface area (Å²) in [5.74, 6) is -1.22. The minimum Gasteiger partial charge on any atom is -0.479 e. The highest BCUT2D eigenvalue weighted by Gasteiger charge is 2.30. The van der Waals surface area contributed by atoms with Gasteiger partial charge in [0, 0.05) is 19.1 Å². The van der Waals surface area contributed by atoms with Gasteiger partial charge in [0.25, 0.3) is 0 Å². The van der Waals surface area contributed by atoms with Crippen LogP contribution in [-0.2, 0) is 14.6 Å². The van der Waals surface area contributed by atoms with Gasteiger partial charge in [0.2, 0.25) is 0 Å². The minimum absolute atomic E-state index is 0.0218. The number of aliphatic hydroxyl groups excluding tert-OH is 1. The SMILES string of the molecule is CC1CS(=O)(=O)CCN1CC(O)C(=O)O. The van der Waals surface area contributed by atoms with Gasteiger partial charge in [-0.25, -0.2) is 13.2 Å². The van der Waals surface area contributed by atoms with E-state index in [1.54, 1.807) is 11.8 Å². The first-order valence-electron chi connectivity index (χ1n) is 4.67. The van der Waals surface area contributed by atoms with E-state index in [9.17, 15) is 13.2 Å². The lowest BCUT2D eigenvalue weighted by atomic mass is 10.2. The molecule has 1 rings (SSSR count). The average molecular weight is 237 g/mol. The number of carboxylic acids is 1. The predicted molar refractivity (Wildman–Crippen MR) is 53.3 cm³/mol. The molecular weight excluding hydrogens is 222 g/mol. The molecule has 2 atom stereocenters. The second-order valence-electron chi connectivity index (χ2n) is 3.81. The zero-order valence-corrected chi connectivity index (χ0v) is 9.27. The molecule has 1 heterocycles. The maximum Gasteiger partial charge on any atom is 0.333 e. The van der Waals surface area contributed by atoms with Gasteiger partial charge in [0.15, 0.2) is 15.9 Å². The Bertz CT molecular complexity index is 339. The third-order valence-corrected chi connectivity index (χ3v) is 4.30. The zero-order valence-electron chi connectivity index (χ0n) is 8.46. The van der Waals surface area contributed by atoms with Gasteiger partial charge in [0.05, 0.1) is 11.5 Å². The summed E-state index contributed by atoms with van der Waals surface area (Å²) < 4.78 is 22.4. The van der Waals surface area contributed by atoms with Gasteiger partial charge < -0.3 is 10.2 Å². The molecule has 1 saturated heterocycles. The fraction of sp³-hybridized carbons (Fsp3) is 0.875. The summed E-state index contributed by atoms with van der Waals surface area (Å²) in [6.07, 6.45) is -1.45. The number of sulfone groups is 1. The highest BCUT2D eigenvalue weighted by molar-refractivity contribution is 7.91. The molecule has 1 fully saturated rings. The first-order chi connectivity index (χ1) is 6.82. The second-order valence-corrected chi connectivity index (χ2v) is 6.04. The van der Waals surface area contributed by atoms with E-state index < -0.39 is 21.9 Å². The lowest BCUT2D eigenvalue weighted by molar-refractivity contribution is -0.147. The number of nitrogens with zero attached hydrogens (tertiary/aromatic N) is 1. The Morgan fingerprint density at radius 1 is 1.60 bits per heavy atom. The van der Waals surface area contributed by atoms with E-state index in [1.165, 1.54) is 0 Å². The van der Waals surface area contributed by atoms with E-state index >= 15 is 0 Å². The van der Waals surface area contributed by atoms with Crippen molar-refractivity contribution in [1.29, 1.82) is 0 Å². The van der Waals surface area contributed by atoms with Crippen molar-refractivity contribution in [3.05, 3.63) is 0 Å². The van der Waals surface area contributed by atoms with Gasteiger partial charge in [-0.3, -0.25) is 4.90 Å². The number of hydrogen-bond acceptors (Lipinski definition) is 5. The molecule has 7 heteroatoms. The van der Waals surface area contributed by atoms with Crippen LogP contribution in [0.1, 0.15) is 6.92 Å². The van der Waals surface area contributed by atoms with Gasteiger partial charge in [0.1, 0.15) is 0 Å². The molecule has 0 spiro atoms. The standard InChI is InChI=1S/C8H15NO5S/c1-6-5-15(13,14)3-2-9(6)4-7(10)8(11)12/h6-7,10H,2-5H2,1H3,(H,11,12). The molecule has 0 amide bonds. The summed E-state index contributed by atoms with van der Waals surface area (Å²) in [6.45, 7) is 1.98. The molecule has 2 N–H and O–H groups in total. The topological polar surface area (TPSA) is 94.9 Å². The predicted octanol–water partition coefficient (Wildman–Crippen LogP) is -1.45. The molecule has 88 valence electrons. The normalized spacial score (nSPS) is 28.5. The van der Waals surface area contributed by atoms with E-state index in [2.05, 4.69) is 0 Å². The second kappa shape index (κ2) is 4.46. The first-order valence-corrected chi connectivity index (χ1v) is 6.49. The average Bonchev–Trinajstić information content (AvgIpc) is 2.08.